The number of hydrogen-bond acceptors (Lipinski definition) is 6. The summed E-state index contributed by atoms with van der Waals surface area (Å²) in [6.45, 7) is -0.317. The van der Waals surface area contributed by atoms with E-state index in [4.69, 9.17) is 14.2 Å². The SMILES string of the molecule is COc1ccc(OCOC(=O)c2ccccn2)c(C=O)c1. The summed E-state index contributed by atoms with van der Waals surface area (Å²) in [5.41, 5.74) is 0.495. The number of aromatic nitrogens is 1. The average molecular weight is 287 g/mol. The third-order valence-corrected chi connectivity index (χ3v) is 2.62. The van der Waals surface area contributed by atoms with Gasteiger partial charge in [0.15, 0.2) is 6.29 Å². The van der Waals surface area contributed by atoms with Crippen LogP contribution < -0.4 is 9.47 Å². The topological polar surface area (TPSA) is 74.7 Å². The fraction of sp³-hybridized carbons (Fsp3) is 0.133. The predicted molar refractivity (Wildman–Crippen MR) is 73.5 cm³/mol. The number of benzene rings is 1. The molecule has 2 aromatic rings. The second kappa shape index (κ2) is 7.04. The Bertz CT molecular complexity index is 627. The normalized spacial score (nSPS) is 9.76. The van der Waals surface area contributed by atoms with Crippen molar-refractivity contribution in [1.82, 2.24) is 4.98 Å². The number of rotatable bonds is 6. The Kier molecular flexibility index (Phi) is 4.87. The van der Waals surface area contributed by atoms with Crippen molar-refractivity contribution in [1.29, 1.82) is 0 Å². The Morgan fingerprint density at radius 1 is 1.29 bits per heavy atom. The molecule has 0 unspecified atom stereocenters. The van der Waals surface area contributed by atoms with Gasteiger partial charge in [0, 0.05) is 6.20 Å². The van der Waals surface area contributed by atoms with Gasteiger partial charge in [-0.2, -0.15) is 0 Å². The van der Waals surface area contributed by atoms with E-state index in [9.17, 15) is 9.59 Å². The molecule has 0 saturated carbocycles. The van der Waals surface area contributed by atoms with E-state index in [0.29, 0.717) is 23.3 Å². The first-order valence-electron chi connectivity index (χ1n) is 6.08. The van der Waals surface area contributed by atoms with Crippen LogP contribution in [0.1, 0.15) is 20.8 Å². The molecule has 0 aliphatic rings. The lowest BCUT2D eigenvalue weighted by Gasteiger charge is -2.10. The van der Waals surface area contributed by atoms with Crippen molar-refractivity contribution in [2.24, 2.45) is 0 Å². The molecule has 0 fully saturated rings. The quantitative estimate of drug-likeness (QED) is 0.460. The number of ether oxygens (including phenoxy) is 3. The Labute approximate surface area is 121 Å². The molecule has 6 nitrogen and oxygen atoms in total. The Morgan fingerprint density at radius 3 is 2.81 bits per heavy atom. The molecular formula is C15H13NO5. The minimum absolute atomic E-state index is 0.187. The summed E-state index contributed by atoms with van der Waals surface area (Å²) < 4.78 is 15.2. The van der Waals surface area contributed by atoms with Crippen LogP contribution in [0.25, 0.3) is 0 Å². The molecule has 1 aromatic carbocycles. The summed E-state index contributed by atoms with van der Waals surface area (Å²) in [6, 6.07) is 9.65. The van der Waals surface area contributed by atoms with Crippen LogP contribution in [0, 0.1) is 0 Å². The number of nitrogens with zero attached hydrogens (tertiary/aromatic N) is 1. The fourth-order valence-corrected chi connectivity index (χ4v) is 1.58. The van der Waals surface area contributed by atoms with Crippen LogP contribution in [0.5, 0.6) is 11.5 Å². The van der Waals surface area contributed by atoms with Crippen molar-refractivity contribution < 1.29 is 23.8 Å². The van der Waals surface area contributed by atoms with E-state index in [-0.39, 0.29) is 12.5 Å². The van der Waals surface area contributed by atoms with Crippen molar-refractivity contribution in [2.45, 2.75) is 0 Å². The maximum Gasteiger partial charge on any atom is 0.359 e. The zero-order valence-corrected chi connectivity index (χ0v) is 11.3. The van der Waals surface area contributed by atoms with Gasteiger partial charge in [-0.3, -0.25) is 4.79 Å². The molecule has 0 radical (unpaired) electrons. The highest BCUT2D eigenvalue weighted by atomic mass is 16.7. The first-order valence-corrected chi connectivity index (χ1v) is 6.08. The summed E-state index contributed by atoms with van der Waals surface area (Å²) in [6.07, 6.45) is 2.13. The minimum atomic E-state index is -0.600. The van der Waals surface area contributed by atoms with E-state index >= 15 is 0 Å². The first kappa shape index (κ1) is 14.5. The van der Waals surface area contributed by atoms with Crippen LogP contribution in [-0.2, 0) is 4.74 Å². The summed E-state index contributed by atoms with van der Waals surface area (Å²) >= 11 is 0. The molecule has 0 spiro atoms. The number of esters is 1. The Morgan fingerprint density at radius 2 is 2.14 bits per heavy atom. The van der Waals surface area contributed by atoms with Gasteiger partial charge in [0.2, 0.25) is 6.79 Å². The zero-order valence-electron chi connectivity index (χ0n) is 11.3. The molecule has 0 N–H and O–H groups in total. The van der Waals surface area contributed by atoms with E-state index in [1.165, 1.54) is 25.4 Å². The van der Waals surface area contributed by atoms with Crippen LogP contribution in [0.15, 0.2) is 42.6 Å². The van der Waals surface area contributed by atoms with Crippen LogP contribution in [-0.4, -0.2) is 31.1 Å². The molecule has 21 heavy (non-hydrogen) atoms. The van der Waals surface area contributed by atoms with Crippen molar-refractivity contribution in [3.05, 3.63) is 53.9 Å². The van der Waals surface area contributed by atoms with Crippen LogP contribution in [0.4, 0.5) is 0 Å². The number of carbonyl (C=O) groups excluding carboxylic acids is 2. The Hall–Kier alpha value is -2.89. The lowest BCUT2D eigenvalue weighted by Crippen LogP contribution is -2.12. The van der Waals surface area contributed by atoms with Crippen LogP contribution in [0.2, 0.25) is 0 Å². The standard InChI is InChI=1S/C15H13NO5/c1-19-12-5-6-14(11(8-12)9-17)20-10-21-15(18)13-4-2-3-7-16-13/h2-9H,10H2,1H3. The maximum absolute atomic E-state index is 11.6. The molecule has 1 aromatic heterocycles. The van der Waals surface area contributed by atoms with E-state index in [1.54, 1.807) is 24.3 Å². The van der Waals surface area contributed by atoms with Gasteiger partial charge in [-0.25, -0.2) is 9.78 Å². The van der Waals surface area contributed by atoms with Crippen molar-refractivity contribution in [2.75, 3.05) is 13.9 Å². The molecule has 0 saturated heterocycles. The molecule has 0 aliphatic carbocycles. The molecule has 0 atom stereocenters. The van der Waals surface area contributed by atoms with E-state index < -0.39 is 5.97 Å². The molecule has 2 rings (SSSR count). The van der Waals surface area contributed by atoms with Gasteiger partial charge in [0.05, 0.1) is 12.7 Å². The molecule has 1 heterocycles. The van der Waals surface area contributed by atoms with Gasteiger partial charge in [-0.15, -0.1) is 0 Å². The summed E-state index contributed by atoms with van der Waals surface area (Å²) in [5, 5.41) is 0. The molecule has 0 amide bonds. The summed E-state index contributed by atoms with van der Waals surface area (Å²) in [7, 11) is 1.50. The van der Waals surface area contributed by atoms with Gasteiger partial charge in [-0.05, 0) is 30.3 Å². The van der Waals surface area contributed by atoms with Gasteiger partial charge in [0.25, 0.3) is 0 Å². The highest BCUT2D eigenvalue weighted by Crippen LogP contribution is 2.22. The smallest absolute Gasteiger partial charge is 0.359 e. The van der Waals surface area contributed by atoms with Crippen molar-refractivity contribution in [3.8, 4) is 11.5 Å². The van der Waals surface area contributed by atoms with Crippen LogP contribution in [0.3, 0.4) is 0 Å². The molecule has 0 aliphatic heterocycles. The van der Waals surface area contributed by atoms with Gasteiger partial charge in [-0.1, -0.05) is 6.07 Å². The highest BCUT2D eigenvalue weighted by molar-refractivity contribution is 5.87. The third-order valence-electron chi connectivity index (χ3n) is 2.62. The number of aldehydes is 1. The molecule has 108 valence electrons. The summed E-state index contributed by atoms with van der Waals surface area (Å²) in [5.74, 6) is 0.242. The highest BCUT2D eigenvalue weighted by Gasteiger charge is 2.09. The average Bonchev–Trinajstić information content (AvgIpc) is 2.55. The zero-order chi connectivity index (χ0) is 15.1. The first-order chi connectivity index (χ1) is 10.2. The van der Waals surface area contributed by atoms with E-state index in [0.717, 1.165) is 0 Å². The lowest BCUT2D eigenvalue weighted by molar-refractivity contribution is 0.0146. The molecule has 6 heteroatoms. The van der Waals surface area contributed by atoms with Gasteiger partial charge in [0.1, 0.15) is 17.2 Å². The molecule has 0 bridgehead atoms. The monoisotopic (exact) mass is 287 g/mol. The number of pyridine rings is 1. The number of hydrogen-bond donors (Lipinski definition) is 0. The minimum Gasteiger partial charge on any atom is -0.497 e. The maximum atomic E-state index is 11.6. The van der Waals surface area contributed by atoms with E-state index in [1.807, 2.05) is 0 Å². The number of methoxy groups -OCH3 is 1. The second-order valence-corrected chi connectivity index (χ2v) is 3.93. The number of carbonyl (C=O) groups is 2. The van der Waals surface area contributed by atoms with Crippen LogP contribution >= 0.6 is 0 Å². The summed E-state index contributed by atoms with van der Waals surface area (Å²) in [4.78, 5) is 26.5. The molecular weight excluding hydrogens is 274 g/mol. The van der Waals surface area contributed by atoms with Crippen molar-refractivity contribution >= 4 is 12.3 Å². The van der Waals surface area contributed by atoms with Crippen molar-refractivity contribution in [3.63, 3.8) is 0 Å². The second-order valence-electron chi connectivity index (χ2n) is 3.93. The Balaban J connectivity index is 1.94. The largest absolute Gasteiger partial charge is 0.497 e. The van der Waals surface area contributed by atoms with E-state index in [2.05, 4.69) is 4.98 Å². The van der Waals surface area contributed by atoms with Gasteiger partial charge < -0.3 is 14.2 Å². The lowest BCUT2D eigenvalue weighted by atomic mass is 10.2. The van der Waals surface area contributed by atoms with Gasteiger partial charge >= 0.3 is 5.97 Å². The fourth-order valence-electron chi connectivity index (χ4n) is 1.58. The predicted octanol–water partition coefficient (Wildman–Crippen LogP) is 2.10. The third kappa shape index (κ3) is 3.79.